The number of amides is 1. The third-order valence-electron chi connectivity index (χ3n) is 3.62. The van der Waals surface area contributed by atoms with Crippen molar-refractivity contribution in [3.8, 4) is 5.75 Å². The van der Waals surface area contributed by atoms with Gasteiger partial charge in [-0.15, -0.1) is 11.3 Å². The van der Waals surface area contributed by atoms with E-state index in [1.165, 1.54) is 11.3 Å². The summed E-state index contributed by atoms with van der Waals surface area (Å²) in [4.78, 5) is 19.1. The summed E-state index contributed by atoms with van der Waals surface area (Å²) in [5, 5.41) is 2.02. The molecule has 0 radical (unpaired) electrons. The summed E-state index contributed by atoms with van der Waals surface area (Å²) in [7, 11) is 0. The van der Waals surface area contributed by atoms with Crippen LogP contribution < -0.4 is 4.74 Å². The average molecular weight is 302 g/mol. The average Bonchev–Trinajstić information content (AvgIpc) is 2.95. The molecule has 2 aromatic rings. The molecule has 2 aromatic heterocycles. The smallest absolute Gasteiger partial charge is 0.263 e. The van der Waals surface area contributed by atoms with Crippen LogP contribution in [0.4, 0.5) is 0 Å². The van der Waals surface area contributed by atoms with Crippen molar-refractivity contribution in [3.05, 3.63) is 46.4 Å². The number of hydrogen-bond acceptors (Lipinski definition) is 4. The van der Waals surface area contributed by atoms with Crippen molar-refractivity contribution in [1.29, 1.82) is 0 Å². The molecular formula is C16H18N2O2S. The highest BCUT2D eigenvalue weighted by Crippen LogP contribution is 2.21. The van der Waals surface area contributed by atoms with Crippen LogP contribution in [0.3, 0.4) is 0 Å². The van der Waals surface area contributed by atoms with Crippen molar-refractivity contribution in [2.24, 2.45) is 0 Å². The Morgan fingerprint density at radius 3 is 2.67 bits per heavy atom. The highest BCUT2D eigenvalue weighted by atomic mass is 32.1. The minimum Gasteiger partial charge on any atom is -0.490 e. The lowest BCUT2D eigenvalue weighted by atomic mass is 10.1. The second-order valence-electron chi connectivity index (χ2n) is 5.28. The monoisotopic (exact) mass is 302 g/mol. The van der Waals surface area contributed by atoms with Crippen molar-refractivity contribution >= 4 is 17.2 Å². The highest BCUT2D eigenvalue weighted by molar-refractivity contribution is 7.12. The Morgan fingerprint density at radius 1 is 1.33 bits per heavy atom. The number of thiophene rings is 1. The van der Waals surface area contributed by atoms with Gasteiger partial charge in [-0.2, -0.15) is 0 Å². The van der Waals surface area contributed by atoms with Gasteiger partial charge in [0.25, 0.3) is 5.91 Å². The first-order chi connectivity index (χ1) is 10.2. The number of likely N-dealkylation sites (tertiary alicyclic amines) is 1. The third kappa shape index (κ3) is 3.42. The predicted octanol–water partition coefficient (Wildman–Crippen LogP) is 3.14. The van der Waals surface area contributed by atoms with Crippen molar-refractivity contribution in [2.45, 2.75) is 25.9 Å². The maximum Gasteiger partial charge on any atom is 0.263 e. The Balaban J connectivity index is 1.54. The van der Waals surface area contributed by atoms with Gasteiger partial charge < -0.3 is 9.64 Å². The van der Waals surface area contributed by atoms with Gasteiger partial charge in [-0.25, -0.2) is 0 Å². The molecular weight excluding hydrogens is 284 g/mol. The van der Waals surface area contributed by atoms with Crippen LogP contribution in [0.1, 0.15) is 28.1 Å². The van der Waals surface area contributed by atoms with Gasteiger partial charge in [-0.3, -0.25) is 9.78 Å². The molecule has 0 aromatic carbocycles. The molecule has 1 aliphatic heterocycles. The molecule has 3 rings (SSSR count). The summed E-state index contributed by atoms with van der Waals surface area (Å²) in [5.74, 6) is 0.999. The van der Waals surface area contributed by atoms with Crippen LogP contribution in [0.5, 0.6) is 5.75 Å². The van der Waals surface area contributed by atoms with Gasteiger partial charge in [0.1, 0.15) is 11.9 Å². The van der Waals surface area contributed by atoms with E-state index >= 15 is 0 Å². The molecule has 1 fully saturated rings. The predicted molar refractivity (Wildman–Crippen MR) is 82.8 cm³/mol. The zero-order valence-corrected chi connectivity index (χ0v) is 12.8. The van der Waals surface area contributed by atoms with Crippen LogP contribution in [0.25, 0.3) is 0 Å². The Hall–Kier alpha value is -1.88. The van der Waals surface area contributed by atoms with Crippen LogP contribution >= 0.6 is 11.3 Å². The number of ether oxygens (including phenoxy) is 1. The fourth-order valence-corrected chi connectivity index (χ4v) is 3.35. The second kappa shape index (κ2) is 6.26. The standard InChI is InChI=1S/C16H18N2O2S/c1-12-10-15(21-11-12)16(19)18-8-4-14(5-9-18)20-13-2-6-17-7-3-13/h2-3,6-7,10-11,14H,4-5,8-9H2,1H3. The molecule has 0 N–H and O–H groups in total. The van der Waals surface area contributed by atoms with Crippen LogP contribution in [-0.4, -0.2) is 35.0 Å². The van der Waals surface area contributed by atoms with Gasteiger partial charge in [0.15, 0.2) is 0 Å². The van der Waals surface area contributed by atoms with Gasteiger partial charge in [0.2, 0.25) is 0 Å². The maximum absolute atomic E-state index is 12.4. The molecule has 0 spiro atoms. The first-order valence-corrected chi connectivity index (χ1v) is 8.01. The normalized spacial score (nSPS) is 16.0. The van der Waals surface area contributed by atoms with Crippen molar-refractivity contribution in [1.82, 2.24) is 9.88 Å². The fraction of sp³-hybridized carbons (Fsp3) is 0.375. The van der Waals surface area contributed by atoms with Gasteiger partial charge in [0, 0.05) is 38.3 Å². The van der Waals surface area contributed by atoms with E-state index in [9.17, 15) is 4.79 Å². The van der Waals surface area contributed by atoms with E-state index in [4.69, 9.17) is 4.74 Å². The van der Waals surface area contributed by atoms with E-state index in [1.54, 1.807) is 12.4 Å². The molecule has 5 heteroatoms. The summed E-state index contributed by atoms with van der Waals surface area (Å²) < 4.78 is 5.92. The van der Waals surface area contributed by atoms with Crippen molar-refractivity contribution in [3.63, 3.8) is 0 Å². The van der Waals surface area contributed by atoms with Gasteiger partial charge in [-0.1, -0.05) is 0 Å². The summed E-state index contributed by atoms with van der Waals surface area (Å²) in [6.07, 6.45) is 5.39. The number of rotatable bonds is 3. The number of carbonyl (C=O) groups is 1. The van der Waals surface area contributed by atoms with E-state index in [0.717, 1.165) is 42.1 Å². The van der Waals surface area contributed by atoms with Crippen LogP contribution in [0, 0.1) is 6.92 Å². The molecule has 110 valence electrons. The van der Waals surface area contributed by atoms with E-state index < -0.39 is 0 Å². The van der Waals surface area contributed by atoms with E-state index in [0.29, 0.717) is 0 Å². The lowest BCUT2D eigenvalue weighted by molar-refractivity contribution is 0.0600. The van der Waals surface area contributed by atoms with Gasteiger partial charge >= 0.3 is 0 Å². The Bertz CT molecular complexity index is 604. The van der Waals surface area contributed by atoms with Gasteiger partial charge in [-0.05, 0) is 36.1 Å². The number of pyridine rings is 1. The summed E-state index contributed by atoms with van der Waals surface area (Å²) in [6, 6.07) is 5.70. The van der Waals surface area contributed by atoms with Crippen LogP contribution in [-0.2, 0) is 0 Å². The summed E-state index contributed by atoms with van der Waals surface area (Å²) in [5.41, 5.74) is 1.15. The van der Waals surface area contributed by atoms with Crippen molar-refractivity contribution < 1.29 is 9.53 Å². The highest BCUT2D eigenvalue weighted by Gasteiger charge is 2.25. The summed E-state index contributed by atoms with van der Waals surface area (Å²) in [6.45, 7) is 3.53. The molecule has 0 atom stereocenters. The molecule has 1 aliphatic rings. The fourth-order valence-electron chi connectivity index (χ4n) is 2.49. The topological polar surface area (TPSA) is 42.4 Å². The summed E-state index contributed by atoms with van der Waals surface area (Å²) >= 11 is 1.53. The number of nitrogens with zero attached hydrogens (tertiary/aromatic N) is 2. The zero-order chi connectivity index (χ0) is 14.7. The number of aromatic nitrogens is 1. The first kappa shape index (κ1) is 14.1. The van der Waals surface area contributed by atoms with E-state index in [1.807, 2.05) is 35.4 Å². The number of carbonyl (C=O) groups excluding carboxylic acids is 1. The molecule has 0 bridgehead atoms. The molecule has 1 saturated heterocycles. The zero-order valence-electron chi connectivity index (χ0n) is 12.0. The molecule has 3 heterocycles. The lowest BCUT2D eigenvalue weighted by Gasteiger charge is -2.31. The Kier molecular flexibility index (Phi) is 4.20. The molecule has 21 heavy (non-hydrogen) atoms. The minimum atomic E-state index is 0.149. The molecule has 0 aliphatic carbocycles. The first-order valence-electron chi connectivity index (χ1n) is 7.13. The number of aryl methyl sites for hydroxylation is 1. The molecule has 1 amide bonds. The Morgan fingerprint density at radius 2 is 2.05 bits per heavy atom. The van der Waals surface area contributed by atoms with Crippen molar-refractivity contribution in [2.75, 3.05) is 13.1 Å². The largest absolute Gasteiger partial charge is 0.490 e. The second-order valence-corrected chi connectivity index (χ2v) is 6.19. The number of piperidine rings is 1. The van der Waals surface area contributed by atoms with E-state index in [-0.39, 0.29) is 12.0 Å². The molecule has 0 unspecified atom stereocenters. The third-order valence-corrected chi connectivity index (χ3v) is 4.66. The number of hydrogen-bond donors (Lipinski definition) is 0. The molecule has 0 saturated carbocycles. The SMILES string of the molecule is Cc1csc(C(=O)N2CCC(Oc3ccncc3)CC2)c1. The van der Waals surface area contributed by atoms with E-state index in [2.05, 4.69) is 4.98 Å². The lowest BCUT2D eigenvalue weighted by Crippen LogP contribution is -2.41. The quantitative estimate of drug-likeness (QED) is 0.875. The molecule has 4 nitrogen and oxygen atoms in total. The van der Waals surface area contributed by atoms with Crippen LogP contribution in [0.15, 0.2) is 36.0 Å². The van der Waals surface area contributed by atoms with Gasteiger partial charge in [0.05, 0.1) is 4.88 Å². The maximum atomic E-state index is 12.4. The van der Waals surface area contributed by atoms with Crippen LogP contribution in [0.2, 0.25) is 0 Å². The minimum absolute atomic E-state index is 0.149. The Labute approximate surface area is 128 Å².